The molecule has 3 atom stereocenters. The zero-order valence-corrected chi connectivity index (χ0v) is 14.1. The molecule has 3 rings (SSSR count). The molecule has 0 bridgehead atoms. The average Bonchev–Trinajstić information content (AvgIpc) is 3.08. The van der Waals surface area contributed by atoms with E-state index in [9.17, 15) is 23.1 Å². The summed E-state index contributed by atoms with van der Waals surface area (Å²) in [7, 11) is 0. The first kappa shape index (κ1) is 17.8. The van der Waals surface area contributed by atoms with Crippen LogP contribution in [0.2, 0.25) is 0 Å². The molecule has 1 aliphatic heterocycles. The van der Waals surface area contributed by atoms with E-state index in [1.54, 1.807) is 11.4 Å². The Bertz CT molecular complexity index is 783. The number of nitrogens with zero attached hydrogens (tertiary/aromatic N) is 1. The molecule has 2 aromatic heterocycles. The molecule has 2 aromatic rings. The lowest BCUT2D eigenvalue weighted by Gasteiger charge is -2.46. The molecule has 132 valence electrons. The van der Waals surface area contributed by atoms with Gasteiger partial charge in [0.1, 0.15) is 5.92 Å². The van der Waals surface area contributed by atoms with Crippen molar-refractivity contribution < 1.29 is 23.1 Å². The number of carbonyl (C=O) groups is 1. The number of halogens is 3. The Kier molecular flexibility index (Phi) is 4.52. The van der Waals surface area contributed by atoms with Gasteiger partial charge in [-0.1, -0.05) is 6.07 Å². The number of ketones is 1. The number of hydrogen-bond donors (Lipinski definition) is 3. The Balaban J connectivity index is 2.15. The van der Waals surface area contributed by atoms with Crippen LogP contribution in [0.15, 0.2) is 42.0 Å². The lowest BCUT2D eigenvalue weighted by Crippen LogP contribution is -2.72. The summed E-state index contributed by atoms with van der Waals surface area (Å²) in [5, 5.41) is 16.1. The Morgan fingerprint density at radius 2 is 2.00 bits per heavy atom. The zero-order chi connectivity index (χ0) is 18.2. The summed E-state index contributed by atoms with van der Waals surface area (Å²) < 4.78 is 41.0. The second-order valence-corrected chi connectivity index (χ2v) is 6.80. The fourth-order valence-electron chi connectivity index (χ4n) is 2.76. The summed E-state index contributed by atoms with van der Waals surface area (Å²) in [5.41, 5.74) is -3.14. The molecular weight excluding hydrogens is 375 g/mol. The number of alkyl halides is 3. The molecule has 25 heavy (non-hydrogen) atoms. The highest BCUT2D eigenvalue weighted by molar-refractivity contribution is 7.80. The second kappa shape index (κ2) is 6.36. The normalized spacial score (nSPS) is 26.6. The van der Waals surface area contributed by atoms with Gasteiger partial charge in [0, 0.05) is 12.4 Å². The van der Waals surface area contributed by atoms with Crippen LogP contribution in [0.25, 0.3) is 0 Å². The topological polar surface area (TPSA) is 74.2 Å². The molecule has 3 heterocycles. The van der Waals surface area contributed by atoms with Gasteiger partial charge in [-0.05, 0) is 41.4 Å². The van der Waals surface area contributed by atoms with Crippen molar-refractivity contribution >= 4 is 34.5 Å². The summed E-state index contributed by atoms with van der Waals surface area (Å²) >= 11 is 5.84. The van der Waals surface area contributed by atoms with Gasteiger partial charge in [0.2, 0.25) is 5.72 Å². The fraction of sp³-hybridized carbons (Fsp3) is 0.267. The SMILES string of the molecule is O=C(c1cccs1)[C@H]1[C@H](c2ccncc2)NC(=S)N[C@@]1(O)C(F)(F)F. The first-order chi connectivity index (χ1) is 11.7. The number of carbonyl (C=O) groups excluding carboxylic acids is 1. The van der Waals surface area contributed by atoms with E-state index in [0.717, 1.165) is 11.3 Å². The maximum Gasteiger partial charge on any atom is 0.437 e. The molecule has 1 saturated heterocycles. The molecule has 0 spiro atoms. The molecule has 3 N–H and O–H groups in total. The molecule has 0 saturated carbocycles. The molecule has 0 aliphatic carbocycles. The van der Waals surface area contributed by atoms with Crippen LogP contribution in [0, 0.1) is 5.92 Å². The molecule has 10 heteroatoms. The van der Waals surface area contributed by atoms with Crippen molar-refractivity contribution in [3.63, 3.8) is 0 Å². The van der Waals surface area contributed by atoms with Crippen LogP contribution in [-0.4, -0.2) is 32.9 Å². The third-order valence-corrected chi connectivity index (χ3v) is 5.02. The highest BCUT2D eigenvalue weighted by Crippen LogP contribution is 2.44. The van der Waals surface area contributed by atoms with Gasteiger partial charge in [-0.25, -0.2) is 0 Å². The van der Waals surface area contributed by atoms with Gasteiger partial charge in [0.05, 0.1) is 10.9 Å². The van der Waals surface area contributed by atoms with Crippen molar-refractivity contribution in [3.8, 4) is 0 Å². The van der Waals surface area contributed by atoms with Crippen LogP contribution in [0.5, 0.6) is 0 Å². The minimum atomic E-state index is -5.12. The van der Waals surface area contributed by atoms with E-state index < -0.39 is 34.8 Å². The maximum atomic E-state index is 13.7. The van der Waals surface area contributed by atoms with Crippen molar-refractivity contribution in [1.82, 2.24) is 15.6 Å². The van der Waals surface area contributed by atoms with Crippen molar-refractivity contribution in [3.05, 3.63) is 52.5 Å². The van der Waals surface area contributed by atoms with Crippen LogP contribution in [0.4, 0.5) is 13.2 Å². The monoisotopic (exact) mass is 387 g/mol. The number of rotatable bonds is 3. The van der Waals surface area contributed by atoms with Crippen LogP contribution < -0.4 is 10.6 Å². The van der Waals surface area contributed by atoms with Gasteiger partial charge in [-0.2, -0.15) is 13.2 Å². The van der Waals surface area contributed by atoms with Crippen molar-refractivity contribution in [2.45, 2.75) is 17.9 Å². The summed E-state index contributed by atoms with van der Waals surface area (Å²) in [4.78, 5) is 16.8. The van der Waals surface area contributed by atoms with E-state index in [1.807, 2.05) is 5.32 Å². The number of aliphatic hydroxyl groups is 1. The number of hydrogen-bond acceptors (Lipinski definition) is 5. The predicted octanol–water partition coefficient (Wildman–Crippen LogP) is 2.41. The lowest BCUT2D eigenvalue weighted by molar-refractivity contribution is -0.285. The quantitative estimate of drug-likeness (QED) is 0.555. The average molecular weight is 387 g/mol. The summed E-state index contributed by atoms with van der Waals surface area (Å²) in [6.07, 6.45) is -2.34. The Morgan fingerprint density at radius 1 is 1.32 bits per heavy atom. The fourth-order valence-corrected chi connectivity index (χ4v) is 3.75. The Hall–Kier alpha value is -2.04. The molecule has 1 aliphatic rings. The number of thiocarbonyl (C=S) groups is 1. The maximum absolute atomic E-state index is 13.7. The van der Waals surface area contributed by atoms with Crippen molar-refractivity contribution in [1.29, 1.82) is 0 Å². The molecule has 1 fully saturated rings. The summed E-state index contributed by atoms with van der Waals surface area (Å²) in [6, 6.07) is 4.74. The zero-order valence-electron chi connectivity index (χ0n) is 12.4. The third-order valence-electron chi connectivity index (χ3n) is 3.92. The number of thiophene rings is 1. The summed E-state index contributed by atoms with van der Waals surface area (Å²) in [5.74, 6) is -2.71. The molecule has 0 aromatic carbocycles. The first-order valence-corrected chi connectivity index (χ1v) is 8.38. The van der Waals surface area contributed by atoms with Gasteiger partial charge in [-0.15, -0.1) is 11.3 Å². The van der Waals surface area contributed by atoms with E-state index in [1.165, 1.54) is 30.6 Å². The molecule has 0 unspecified atom stereocenters. The van der Waals surface area contributed by atoms with Crippen molar-refractivity contribution in [2.24, 2.45) is 5.92 Å². The number of Topliss-reactive ketones (excluding diaryl/α,β-unsaturated/α-hetero) is 1. The van der Waals surface area contributed by atoms with E-state index in [4.69, 9.17) is 12.2 Å². The smallest absolute Gasteiger partial charge is 0.363 e. The van der Waals surface area contributed by atoms with E-state index in [2.05, 4.69) is 10.3 Å². The van der Waals surface area contributed by atoms with Gasteiger partial charge in [-0.3, -0.25) is 9.78 Å². The summed E-state index contributed by atoms with van der Waals surface area (Å²) in [6.45, 7) is 0. The van der Waals surface area contributed by atoms with Crippen LogP contribution in [0.1, 0.15) is 21.3 Å². The van der Waals surface area contributed by atoms with Crippen LogP contribution in [-0.2, 0) is 0 Å². The predicted molar refractivity (Wildman–Crippen MR) is 89.0 cm³/mol. The molecule has 0 radical (unpaired) electrons. The Labute approximate surface area is 149 Å². The second-order valence-electron chi connectivity index (χ2n) is 5.44. The minimum Gasteiger partial charge on any atom is -0.363 e. The number of pyridine rings is 1. The Morgan fingerprint density at radius 3 is 2.56 bits per heavy atom. The van der Waals surface area contributed by atoms with E-state index in [-0.39, 0.29) is 4.88 Å². The number of nitrogens with one attached hydrogen (secondary N) is 2. The van der Waals surface area contributed by atoms with Gasteiger partial charge in [0.15, 0.2) is 10.9 Å². The van der Waals surface area contributed by atoms with Gasteiger partial charge >= 0.3 is 6.18 Å². The van der Waals surface area contributed by atoms with Crippen LogP contribution >= 0.6 is 23.6 Å². The highest BCUT2D eigenvalue weighted by Gasteiger charge is 2.65. The van der Waals surface area contributed by atoms with Crippen molar-refractivity contribution in [2.75, 3.05) is 0 Å². The first-order valence-electron chi connectivity index (χ1n) is 7.09. The lowest BCUT2D eigenvalue weighted by atomic mass is 9.79. The molecular formula is C15H12F3N3O2S2. The van der Waals surface area contributed by atoms with Crippen LogP contribution in [0.3, 0.4) is 0 Å². The largest absolute Gasteiger partial charge is 0.437 e. The van der Waals surface area contributed by atoms with Gasteiger partial charge < -0.3 is 15.7 Å². The minimum absolute atomic E-state index is 0.114. The third kappa shape index (κ3) is 3.12. The highest BCUT2D eigenvalue weighted by atomic mass is 32.1. The van der Waals surface area contributed by atoms with E-state index >= 15 is 0 Å². The van der Waals surface area contributed by atoms with E-state index in [0.29, 0.717) is 5.56 Å². The standard InChI is InChI=1S/C15H12F3N3O2S2/c16-15(17,18)14(23)10(12(22)9-2-1-7-25-9)11(20-13(24)21-14)8-3-5-19-6-4-8/h1-7,10-11,23H,(H2,20,21,24)/t10-,11+,14+/m1/s1. The van der Waals surface area contributed by atoms with Gasteiger partial charge in [0.25, 0.3) is 0 Å². The molecule has 0 amide bonds. The number of aromatic nitrogens is 1. The molecule has 5 nitrogen and oxygen atoms in total.